The Hall–Kier alpha value is -4.19. The van der Waals surface area contributed by atoms with E-state index in [1.165, 1.54) is 33.5 Å². The van der Waals surface area contributed by atoms with Gasteiger partial charge in [-0.2, -0.15) is 5.26 Å². The average Bonchev–Trinajstić information content (AvgIpc) is 3.20. The molecule has 0 bridgehead atoms. The minimum absolute atomic E-state index is 0.0488. The van der Waals surface area contributed by atoms with Gasteiger partial charge in [0.25, 0.3) is 0 Å². The number of H-pyrrole nitrogens is 1. The molecule has 0 radical (unpaired) electrons. The van der Waals surface area contributed by atoms with Crippen LogP contribution in [0.3, 0.4) is 0 Å². The smallest absolute Gasteiger partial charge is 0.244 e. The van der Waals surface area contributed by atoms with E-state index in [9.17, 15) is 9.65 Å². The molecule has 0 unspecified atom stereocenters. The van der Waals surface area contributed by atoms with Crippen LogP contribution in [0.2, 0.25) is 0 Å². The van der Waals surface area contributed by atoms with Crippen molar-refractivity contribution in [1.29, 1.82) is 5.26 Å². The van der Waals surface area contributed by atoms with Crippen LogP contribution in [0.25, 0.3) is 11.3 Å². The SMILES string of the molecule is COc1cc(-c2[nH]nc3c2[C@H](c2ccc(F)cc2)C(C#N)=C(N)O3)cc(OC)c1OC. The predicted molar refractivity (Wildman–Crippen MR) is 109 cm³/mol. The fourth-order valence-electron chi connectivity index (χ4n) is 3.68. The first-order chi connectivity index (χ1) is 15.0. The molecule has 0 amide bonds. The van der Waals surface area contributed by atoms with Crippen LogP contribution in [0.4, 0.5) is 4.39 Å². The summed E-state index contributed by atoms with van der Waals surface area (Å²) in [5, 5.41) is 17.0. The third kappa shape index (κ3) is 3.28. The summed E-state index contributed by atoms with van der Waals surface area (Å²) in [6.45, 7) is 0. The first-order valence-corrected chi connectivity index (χ1v) is 9.24. The Balaban J connectivity index is 1.95. The van der Waals surface area contributed by atoms with Crippen LogP contribution in [0.5, 0.6) is 23.1 Å². The van der Waals surface area contributed by atoms with Crippen molar-refractivity contribution < 1.29 is 23.3 Å². The zero-order valence-electron chi connectivity index (χ0n) is 17.0. The summed E-state index contributed by atoms with van der Waals surface area (Å²) in [6.07, 6.45) is 0. The van der Waals surface area contributed by atoms with E-state index in [1.54, 1.807) is 24.3 Å². The van der Waals surface area contributed by atoms with E-state index in [0.717, 1.165) is 0 Å². The molecule has 1 aliphatic rings. The third-order valence-corrected chi connectivity index (χ3v) is 5.10. The molecule has 9 heteroatoms. The minimum atomic E-state index is -0.609. The molecule has 3 aromatic rings. The van der Waals surface area contributed by atoms with E-state index in [-0.39, 0.29) is 23.2 Å². The van der Waals surface area contributed by atoms with Crippen LogP contribution in [0.1, 0.15) is 17.0 Å². The van der Waals surface area contributed by atoms with Crippen molar-refractivity contribution in [3.63, 3.8) is 0 Å². The maximum Gasteiger partial charge on any atom is 0.244 e. The molecule has 158 valence electrons. The number of hydrogen-bond donors (Lipinski definition) is 2. The highest BCUT2D eigenvalue weighted by Gasteiger charge is 2.36. The van der Waals surface area contributed by atoms with E-state index in [1.807, 2.05) is 0 Å². The van der Waals surface area contributed by atoms with Gasteiger partial charge in [0.1, 0.15) is 17.5 Å². The quantitative estimate of drug-likeness (QED) is 0.647. The molecule has 0 fully saturated rings. The summed E-state index contributed by atoms with van der Waals surface area (Å²) in [6, 6.07) is 11.5. The molecular formula is C22H19FN4O4. The third-order valence-electron chi connectivity index (χ3n) is 5.10. The van der Waals surface area contributed by atoms with Crippen LogP contribution < -0.4 is 24.7 Å². The highest BCUT2D eigenvalue weighted by atomic mass is 19.1. The highest BCUT2D eigenvalue weighted by molar-refractivity contribution is 5.75. The molecule has 1 aromatic heterocycles. The van der Waals surface area contributed by atoms with E-state index in [0.29, 0.717) is 39.6 Å². The van der Waals surface area contributed by atoms with Crippen molar-refractivity contribution in [3.8, 4) is 40.5 Å². The lowest BCUT2D eigenvalue weighted by atomic mass is 9.83. The molecule has 1 aliphatic heterocycles. The van der Waals surface area contributed by atoms with E-state index >= 15 is 0 Å². The van der Waals surface area contributed by atoms with E-state index < -0.39 is 5.92 Å². The van der Waals surface area contributed by atoms with Crippen LogP contribution >= 0.6 is 0 Å². The largest absolute Gasteiger partial charge is 0.493 e. The number of nitrogens with one attached hydrogen (secondary N) is 1. The lowest BCUT2D eigenvalue weighted by molar-refractivity contribution is 0.324. The molecule has 0 saturated heterocycles. The van der Waals surface area contributed by atoms with Gasteiger partial charge in [0.15, 0.2) is 11.5 Å². The van der Waals surface area contributed by atoms with Crippen molar-refractivity contribution in [2.24, 2.45) is 5.73 Å². The lowest BCUT2D eigenvalue weighted by Crippen LogP contribution is -2.21. The molecule has 3 N–H and O–H groups in total. The number of fused-ring (bicyclic) bond motifs is 1. The van der Waals surface area contributed by atoms with E-state index in [2.05, 4.69) is 16.3 Å². The second-order valence-corrected chi connectivity index (χ2v) is 6.71. The van der Waals surface area contributed by atoms with Crippen molar-refractivity contribution in [2.75, 3.05) is 21.3 Å². The Morgan fingerprint density at radius 3 is 2.29 bits per heavy atom. The number of nitriles is 1. The lowest BCUT2D eigenvalue weighted by Gasteiger charge is -2.24. The van der Waals surface area contributed by atoms with Gasteiger partial charge >= 0.3 is 0 Å². The number of aromatic nitrogens is 2. The summed E-state index contributed by atoms with van der Waals surface area (Å²) in [4.78, 5) is 0. The maximum absolute atomic E-state index is 13.5. The number of allylic oxidation sites excluding steroid dienone is 1. The zero-order valence-corrected chi connectivity index (χ0v) is 17.0. The zero-order chi connectivity index (χ0) is 22.1. The highest BCUT2D eigenvalue weighted by Crippen LogP contribution is 2.48. The Bertz CT molecular complexity index is 1190. The van der Waals surface area contributed by atoms with Gasteiger partial charge in [-0.05, 0) is 29.8 Å². The van der Waals surface area contributed by atoms with Crippen molar-refractivity contribution in [1.82, 2.24) is 10.2 Å². The molecule has 8 nitrogen and oxygen atoms in total. The molecular weight excluding hydrogens is 403 g/mol. The van der Waals surface area contributed by atoms with Crippen LogP contribution in [-0.4, -0.2) is 31.5 Å². The number of hydrogen-bond acceptors (Lipinski definition) is 7. The molecule has 0 saturated carbocycles. The number of nitrogens with two attached hydrogens (primary N) is 1. The Labute approximate surface area is 177 Å². The first kappa shape index (κ1) is 20.1. The van der Waals surface area contributed by atoms with Crippen LogP contribution in [0, 0.1) is 17.1 Å². The minimum Gasteiger partial charge on any atom is -0.493 e. The average molecular weight is 422 g/mol. The van der Waals surface area contributed by atoms with Crippen LogP contribution in [0.15, 0.2) is 47.9 Å². The molecule has 0 spiro atoms. The summed E-state index contributed by atoms with van der Waals surface area (Å²) < 4.78 is 35.4. The fourth-order valence-corrected chi connectivity index (χ4v) is 3.68. The van der Waals surface area contributed by atoms with Gasteiger partial charge in [-0.1, -0.05) is 12.1 Å². The first-order valence-electron chi connectivity index (χ1n) is 9.24. The molecule has 2 heterocycles. The van der Waals surface area contributed by atoms with Gasteiger partial charge in [0.05, 0.1) is 38.5 Å². The normalized spacial score (nSPS) is 15.0. The van der Waals surface area contributed by atoms with Gasteiger partial charge in [-0.3, -0.25) is 5.10 Å². The van der Waals surface area contributed by atoms with E-state index in [4.69, 9.17) is 24.7 Å². The number of rotatable bonds is 5. The van der Waals surface area contributed by atoms with Crippen molar-refractivity contribution in [3.05, 3.63) is 64.8 Å². The molecule has 4 rings (SSSR count). The maximum atomic E-state index is 13.5. The molecule has 0 aliphatic carbocycles. The number of benzene rings is 2. The molecule has 1 atom stereocenters. The second-order valence-electron chi connectivity index (χ2n) is 6.71. The molecule has 2 aromatic carbocycles. The fraction of sp³-hybridized carbons (Fsp3) is 0.182. The van der Waals surface area contributed by atoms with Crippen molar-refractivity contribution in [2.45, 2.75) is 5.92 Å². The van der Waals surface area contributed by atoms with Gasteiger partial charge in [0.2, 0.25) is 17.5 Å². The Kier molecular flexibility index (Phi) is 5.13. The van der Waals surface area contributed by atoms with Crippen LogP contribution in [-0.2, 0) is 0 Å². The van der Waals surface area contributed by atoms with Gasteiger partial charge in [-0.25, -0.2) is 4.39 Å². The Morgan fingerprint density at radius 1 is 1.10 bits per heavy atom. The Morgan fingerprint density at radius 2 is 1.74 bits per heavy atom. The molecule has 31 heavy (non-hydrogen) atoms. The van der Waals surface area contributed by atoms with Gasteiger partial charge < -0.3 is 24.7 Å². The number of nitrogens with zero attached hydrogens (tertiary/aromatic N) is 2. The topological polar surface area (TPSA) is 115 Å². The second kappa shape index (κ2) is 7.91. The van der Waals surface area contributed by atoms with Gasteiger partial charge in [-0.15, -0.1) is 5.10 Å². The monoisotopic (exact) mass is 422 g/mol. The standard InChI is InChI=1S/C22H19FN4O4/c1-28-15-8-12(9-16(29-2)20(15)30-3)19-18-17(11-4-6-13(23)7-5-11)14(10-24)21(25)31-22(18)27-26-19/h4-9,17H,25H2,1-3H3,(H,26,27)/t17-/m1/s1. The summed E-state index contributed by atoms with van der Waals surface area (Å²) in [5.41, 5.74) is 8.69. The number of aromatic amines is 1. The summed E-state index contributed by atoms with van der Waals surface area (Å²) >= 11 is 0. The predicted octanol–water partition coefficient (Wildman–Crippen LogP) is 3.46. The number of ether oxygens (including phenoxy) is 4. The number of methoxy groups -OCH3 is 3. The summed E-state index contributed by atoms with van der Waals surface area (Å²) in [5.74, 6) is 0.527. The number of halogens is 1. The van der Waals surface area contributed by atoms with Crippen molar-refractivity contribution >= 4 is 0 Å². The van der Waals surface area contributed by atoms with Gasteiger partial charge in [0, 0.05) is 5.56 Å². The summed E-state index contributed by atoms with van der Waals surface area (Å²) in [7, 11) is 4.56.